The van der Waals surface area contributed by atoms with Gasteiger partial charge in [-0.3, -0.25) is 10.8 Å². The molecule has 0 rings (SSSR count). The van der Waals surface area contributed by atoms with Crippen LogP contribution < -0.4 is 5.84 Å². The molecule has 0 saturated heterocycles. The van der Waals surface area contributed by atoms with E-state index in [0.717, 1.165) is 13.1 Å². The molecular formula is C8H17N3. The molecule has 2 N–H and O–H groups in total. The SMILES string of the molecule is CCN(N)C/C(C)=C/C=NC. The van der Waals surface area contributed by atoms with Crippen molar-refractivity contribution in [2.24, 2.45) is 10.8 Å². The van der Waals surface area contributed by atoms with Crippen LogP contribution in [0.5, 0.6) is 0 Å². The van der Waals surface area contributed by atoms with Crippen molar-refractivity contribution in [1.82, 2.24) is 5.01 Å². The predicted octanol–water partition coefficient (Wildman–Crippen LogP) is 0.829. The monoisotopic (exact) mass is 155 g/mol. The Morgan fingerprint density at radius 2 is 2.27 bits per heavy atom. The van der Waals surface area contributed by atoms with E-state index in [2.05, 4.69) is 4.99 Å². The van der Waals surface area contributed by atoms with Gasteiger partial charge in [0.2, 0.25) is 0 Å². The molecular weight excluding hydrogens is 138 g/mol. The predicted molar refractivity (Wildman–Crippen MR) is 49.6 cm³/mol. The van der Waals surface area contributed by atoms with E-state index in [1.54, 1.807) is 18.3 Å². The molecule has 0 aliphatic carbocycles. The lowest BCUT2D eigenvalue weighted by molar-refractivity contribution is 0.325. The minimum atomic E-state index is 0.808. The second-order valence-corrected chi connectivity index (χ2v) is 2.48. The van der Waals surface area contributed by atoms with Crippen molar-refractivity contribution in [3.63, 3.8) is 0 Å². The van der Waals surface area contributed by atoms with Crippen LogP contribution in [0.3, 0.4) is 0 Å². The molecule has 0 bridgehead atoms. The van der Waals surface area contributed by atoms with Gasteiger partial charge in [0.15, 0.2) is 0 Å². The van der Waals surface area contributed by atoms with Crippen LogP contribution in [0, 0.1) is 0 Å². The number of nitrogens with two attached hydrogens (primary N) is 1. The summed E-state index contributed by atoms with van der Waals surface area (Å²) in [5.41, 5.74) is 1.22. The minimum absolute atomic E-state index is 0.808. The molecule has 0 fully saturated rings. The summed E-state index contributed by atoms with van der Waals surface area (Å²) < 4.78 is 0. The Balaban J connectivity index is 3.75. The van der Waals surface area contributed by atoms with Crippen molar-refractivity contribution in [1.29, 1.82) is 0 Å². The van der Waals surface area contributed by atoms with Gasteiger partial charge in [0.25, 0.3) is 0 Å². The molecule has 0 aromatic carbocycles. The lowest BCUT2D eigenvalue weighted by Gasteiger charge is -2.12. The van der Waals surface area contributed by atoms with Gasteiger partial charge in [-0.15, -0.1) is 0 Å². The molecule has 0 aliphatic rings. The van der Waals surface area contributed by atoms with E-state index in [4.69, 9.17) is 5.84 Å². The highest BCUT2D eigenvalue weighted by Gasteiger charge is 1.93. The molecule has 0 saturated carbocycles. The first-order valence-electron chi connectivity index (χ1n) is 3.78. The largest absolute Gasteiger partial charge is 0.297 e. The standard InChI is InChI=1S/C8H17N3/c1-4-11(9)7-8(2)5-6-10-3/h5-6H,4,7,9H2,1-3H3/b8-5+,10-6?. The maximum absolute atomic E-state index is 5.59. The zero-order valence-electron chi connectivity index (χ0n) is 7.54. The maximum atomic E-state index is 5.59. The number of likely N-dealkylation sites (N-methyl/N-ethyl adjacent to an activating group) is 1. The fourth-order valence-corrected chi connectivity index (χ4v) is 0.687. The first kappa shape index (κ1) is 10.3. The van der Waals surface area contributed by atoms with Crippen LogP contribution in [0.4, 0.5) is 0 Å². The fraction of sp³-hybridized carbons (Fsp3) is 0.625. The number of hydrogen-bond donors (Lipinski definition) is 1. The van der Waals surface area contributed by atoms with Gasteiger partial charge in [0.1, 0.15) is 0 Å². The van der Waals surface area contributed by atoms with Crippen LogP contribution in [0.2, 0.25) is 0 Å². The van der Waals surface area contributed by atoms with Gasteiger partial charge >= 0.3 is 0 Å². The maximum Gasteiger partial charge on any atom is 0.0339 e. The van der Waals surface area contributed by atoms with Crippen molar-refractivity contribution >= 4 is 6.21 Å². The lowest BCUT2D eigenvalue weighted by Crippen LogP contribution is -2.32. The topological polar surface area (TPSA) is 41.6 Å². The van der Waals surface area contributed by atoms with E-state index in [9.17, 15) is 0 Å². The highest BCUT2D eigenvalue weighted by atomic mass is 15.4. The Morgan fingerprint density at radius 3 is 2.73 bits per heavy atom. The highest BCUT2D eigenvalue weighted by molar-refractivity contribution is 5.71. The van der Waals surface area contributed by atoms with Crippen LogP contribution in [-0.4, -0.2) is 31.4 Å². The van der Waals surface area contributed by atoms with Gasteiger partial charge < -0.3 is 0 Å². The van der Waals surface area contributed by atoms with Gasteiger partial charge in [0.05, 0.1) is 0 Å². The summed E-state index contributed by atoms with van der Waals surface area (Å²) in [4.78, 5) is 3.85. The first-order chi connectivity index (χ1) is 5.20. The molecule has 0 radical (unpaired) electrons. The van der Waals surface area contributed by atoms with E-state index in [1.165, 1.54) is 5.57 Å². The molecule has 3 nitrogen and oxygen atoms in total. The molecule has 0 aromatic heterocycles. The van der Waals surface area contributed by atoms with Crippen LogP contribution in [0.25, 0.3) is 0 Å². The molecule has 3 heteroatoms. The molecule has 0 heterocycles. The average Bonchev–Trinajstić information content (AvgIpc) is 2.00. The van der Waals surface area contributed by atoms with Crippen molar-refractivity contribution in [2.75, 3.05) is 20.1 Å². The lowest BCUT2D eigenvalue weighted by atomic mass is 10.3. The van der Waals surface area contributed by atoms with Crippen molar-refractivity contribution < 1.29 is 0 Å². The summed E-state index contributed by atoms with van der Waals surface area (Å²) in [6, 6.07) is 0. The Labute approximate surface area is 68.6 Å². The van der Waals surface area contributed by atoms with E-state index in [0.29, 0.717) is 0 Å². The summed E-state index contributed by atoms with van der Waals surface area (Å²) >= 11 is 0. The van der Waals surface area contributed by atoms with Gasteiger partial charge in [-0.2, -0.15) is 0 Å². The number of allylic oxidation sites excluding steroid dienone is 1. The van der Waals surface area contributed by atoms with E-state index in [1.807, 2.05) is 19.9 Å². The Hall–Kier alpha value is -0.670. The molecule has 0 aromatic rings. The Bertz CT molecular complexity index is 149. The average molecular weight is 155 g/mol. The molecule has 0 atom stereocenters. The smallest absolute Gasteiger partial charge is 0.0339 e. The summed E-state index contributed by atoms with van der Waals surface area (Å²) in [6.07, 6.45) is 3.74. The van der Waals surface area contributed by atoms with Gasteiger partial charge in [-0.05, 0) is 13.0 Å². The van der Waals surface area contributed by atoms with Gasteiger partial charge in [-0.1, -0.05) is 12.5 Å². The third-order valence-corrected chi connectivity index (χ3v) is 1.37. The zero-order valence-corrected chi connectivity index (χ0v) is 7.54. The third kappa shape index (κ3) is 5.76. The first-order valence-corrected chi connectivity index (χ1v) is 3.78. The van der Waals surface area contributed by atoms with Crippen LogP contribution in [-0.2, 0) is 0 Å². The Kier molecular flexibility index (Phi) is 5.70. The van der Waals surface area contributed by atoms with Crippen molar-refractivity contribution in [3.8, 4) is 0 Å². The van der Waals surface area contributed by atoms with Crippen LogP contribution in [0.15, 0.2) is 16.6 Å². The number of aliphatic imine (C=N–C) groups is 1. The molecule has 11 heavy (non-hydrogen) atoms. The fourth-order valence-electron chi connectivity index (χ4n) is 0.687. The van der Waals surface area contributed by atoms with Crippen molar-refractivity contribution in [3.05, 3.63) is 11.6 Å². The Morgan fingerprint density at radius 1 is 1.64 bits per heavy atom. The van der Waals surface area contributed by atoms with Crippen LogP contribution in [0.1, 0.15) is 13.8 Å². The third-order valence-electron chi connectivity index (χ3n) is 1.37. The van der Waals surface area contributed by atoms with Crippen LogP contribution >= 0.6 is 0 Å². The molecule has 0 aliphatic heterocycles. The van der Waals surface area contributed by atoms with E-state index >= 15 is 0 Å². The molecule has 64 valence electrons. The summed E-state index contributed by atoms with van der Waals surface area (Å²) in [7, 11) is 1.75. The van der Waals surface area contributed by atoms with Gasteiger partial charge in [0, 0.05) is 26.4 Å². The number of hydrazine groups is 1. The number of hydrogen-bond acceptors (Lipinski definition) is 3. The van der Waals surface area contributed by atoms with Crippen molar-refractivity contribution in [2.45, 2.75) is 13.8 Å². The second-order valence-electron chi connectivity index (χ2n) is 2.48. The minimum Gasteiger partial charge on any atom is -0.297 e. The number of rotatable bonds is 4. The van der Waals surface area contributed by atoms with E-state index < -0.39 is 0 Å². The molecule has 0 spiro atoms. The second kappa shape index (κ2) is 6.07. The summed E-state index contributed by atoms with van der Waals surface area (Å²) in [5, 5.41) is 1.76. The zero-order chi connectivity index (χ0) is 8.69. The number of nitrogens with zero attached hydrogens (tertiary/aromatic N) is 2. The normalized spacial score (nSPS) is 13.4. The quantitative estimate of drug-likeness (QED) is 0.371. The summed E-state index contributed by atoms with van der Waals surface area (Å²) in [5.74, 6) is 5.59. The summed E-state index contributed by atoms with van der Waals surface area (Å²) in [6.45, 7) is 5.75. The van der Waals surface area contributed by atoms with Gasteiger partial charge in [-0.25, -0.2) is 5.01 Å². The van der Waals surface area contributed by atoms with E-state index in [-0.39, 0.29) is 0 Å². The molecule has 0 unspecified atom stereocenters. The molecule has 0 amide bonds. The highest BCUT2D eigenvalue weighted by Crippen LogP contribution is 1.91.